The van der Waals surface area contributed by atoms with E-state index in [4.69, 9.17) is 25.8 Å². The summed E-state index contributed by atoms with van der Waals surface area (Å²) in [5, 5.41) is 3.52. The number of carbonyl (C=O) groups is 1. The van der Waals surface area contributed by atoms with Crippen LogP contribution in [-0.4, -0.2) is 43.4 Å². The summed E-state index contributed by atoms with van der Waals surface area (Å²) in [6.45, 7) is 1.24. The first-order valence-corrected chi connectivity index (χ1v) is 10.2. The molecule has 0 spiro atoms. The maximum atomic E-state index is 13.3. The van der Waals surface area contributed by atoms with Crippen LogP contribution in [0.3, 0.4) is 0 Å². The molecule has 2 amide bonds. The van der Waals surface area contributed by atoms with Crippen LogP contribution in [0, 0.1) is 0 Å². The zero-order valence-corrected chi connectivity index (χ0v) is 18.3. The number of urea groups is 1. The molecule has 8 heteroatoms. The predicted molar refractivity (Wildman–Crippen MR) is 120 cm³/mol. The molecule has 31 heavy (non-hydrogen) atoms. The van der Waals surface area contributed by atoms with Crippen LogP contribution in [0.15, 0.2) is 54.7 Å². The van der Waals surface area contributed by atoms with Gasteiger partial charge in [-0.25, -0.2) is 4.79 Å². The van der Waals surface area contributed by atoms with Crippen molar-refractivity contribution in [3.63, 3.8) is 0 Å². The molecule has 7 nitrogen and oxygen atoms in total. The van der Waals surface area contributed by atoms with Crippen LogP contribution in [0.25, 0.3) is 0 Å². The first kappa shape index (κ1) is 20.9. The summed E-state index contributed by atoms with van der Waals surface area (Å²) in [5.74, 6) is 1.58. The van der Waals surface area contributed by atoms with Gasteiger partial charge in [-0.3, -0.25) is 0 Å². The minimum atomic E-state index is -0.336. The fourth-order valence-corrected chi connectivity index (χ4v) is 4.16. The lowest BCUT2D eigenvalue weighted by molar-refractivity contribution is 0.181. The molecule has 162 valence electrons. The third kappa shape index (κ3) is 4.01. The van der Waals surface area contributed by atoms with Gasteiger partial charge in [0.25, 0.3) is 0 Å². The highest BCUT2D eigenvalue weighted by atomic mass is 35.5. The minimum Gasteiger partial charge on any atom is -0.493 e. The summed E-state index contributed by atoms with van der Waals surface area (Å²) in [6, 6.07) is 14.3. The minimum absolute atomic E-state index is 0.214. The van der Waals surface area contributed by atoms with Crippen LogP contribution in [0.5, 0.6) is 17.2 Å². The SMILES string of the molecule is COc1cc([C@H]2c3cccn3CCN2C(=O)Nc2cccc(Cl)c2)cc(OC)c1OC. The Bertz CT molecular complexity index is 1070. The summed E-state index contributed by atoms with van der Waals surface area (Å²) in [6.07, 6.45) is 2.02. The average molecular weight is 442 g/mol. The van der Waals surface area contributed by atoms with E-state index in [0.29, 0.717) is 41.0 Å². The van der Waals surface area contributed by atoms with Crippen molar-refractivity contribution in [1.29, 1.82) is 0 Å². The van der Waals surface area contributed by atoms with E-state index in [1.165, 1.54) is 0 Å². The van der Waals surface area contributed by atoms with Crippen molar-refractivity contribution in [3.8, 4) is 17.2 Å². The maximum absolute atomic E-state index is 13.3. The molecule has 0 unspecified atom stereocenters. The molecule has 1 aromatic heterocycles. The molecule has 0 bridgehead atoms. The van der Waals surface area contributed by atoms with Gasteiger partial charge in [0, 0.05) is 35.7 Å². The van der Waals surface area contributed by atoms with Crippen molar-refractivity contribution in [2.45, 2.75) is 12.6 Å². The Kier molecular flexibility index (Phi) is 5.95. The molecule has 1 aliphatic heterocycles. The number of methoxy groups -OCH3 is 3. The van der Waals surface area contributed by atoms with Crippen molar-refractivity contribution >= 4 is 23.3 Å². The highest BCUT2D eigenvalue weighted by molar-refractivity contribution is 6.30. The molecule has 4 rings (SSSR count). The Morgan fingerprint density at radius 3 is 2.39 bits per heavy atom. The molecular weight excluding hydrogens is 418 g/mol. The van der Waals surface area contributed by atoms with E-state index in [-0.39, 0.29) is 12.1 Å². The summed E-state index contributed by atoms with van der Waals surface area (Å²) >= 11 is 6.08. The summed E-state index contributed by atoms with van der Waals surface area (Å²) < 4.78 is 18.7. The first-order valence-electron chi connectivity index (χ1n) is 9.84. The van der Waals surface area contributed by atoms with Crippen LogP contribution in [0.1, 0.15) is 17.3 Å². The van der Waals surface area contributed by atoms with E-state index in [9.17, 15) is 4.79 Å². The topological polar surface area (TPSA) is 65.0 Å². The number of rotatable bonds is 5. The number of nitrogens with one attached hydrogen (secondary N) is 1. The summed E-state index contributed by atoms with van der Waals surface area (Å²) in [4.78, 5) is 15.1. The Morgan fingerprint density at radius 2 is 1.74 bits per heavy atom. The number of ether oxygens (including phenoxy) is 3. The number of aromatic nitrogens is 1. The number of halogens is 1. The molecule has 1 N–H and O–H groups in total. The average Bonchev–Trinajstić information content (AvgIpc) is 3.26. The quantitative estimate of drug-likeness (QED) is 0.617. The van der Waals surface area contributed by atoms with Crippen LogP contribution in [0.2, 0.25) is 5.02 Å². The zero-order chi connectivity index (χ0) is 22.0. The lowest BCUT2D eigenvalue weighted by Gasteiger charge is -2.37. The van der Waals surface area contributed by atoms with Gasteiger partial charge in [0.15, 0.2) is 11.5 Å². The number of amides is 2. The van der Waals surface area contributed by atoms with Gasteiger partial charge in [-0.15, -0.1) is 0 Å². The molecular formula is C23H24ClN3O4. The van der Waals surface area contributed by atoms with Crippen LogP contribution < -0.4 is 19.5 Å². The standard InChI is InChI=1S/C23H24ClN3O4/c1-29-19-12-15(13-20(30-2)22(19)31-3)21-18-8-5-9-26(18)10-11-27(21)23(28)25-17-7-4-6-16(24)14-17/h4-9,12-14,21H,10-11H2,1-3H3,(H,25,28)/t21-/m0/s1. The first-order chi connectivity index (χ1) is 15.0. The Morgan fingerprint density at radius 1 is 1.00 bits per heavy atom. The van der Waals surface area contributed by atoms with Crippen molar-refractivity contribution in [3.05, 3.63) is 71.0 Å². The molecule has 2 heterocycles. The molecule has 0 aliphatic carbocycles. The molecule has 0 saturated heterocycles. The van der Waals surface area contributed by atoms with E-state index in [1.807, 2.05) is 36.5 Å². The van der Waals surface area contributed by atoms with E-state index < -0.39 is 0 Å². The van der Waals surface area contributed by atoms with E-state index in [1.54, 1.807) is 44.4 Å². The lowest BCUT2D eigenvalue weighted by Crippen LogP contribution is -2.44. The molecule has 2 aromatic carbocycles. The normalized spacial score (nSPS) is 15.2. The van der Waals surface area contributed by atoms with Gasteiger partial charge in [0.2, 0.25) is 5.75 Å². The molecule has 0 radical (unpaired) electrons. The molecule has 1 aliphatic rings. The maximum Gasteiger partial charge on any atom is 0.322 e. The van der Waals surface area contributed by atoms with E-state index in [0.717, 1.165) is 11.3 Å². The van der Waals surface area contributed by atoms with Gasteiger partial charge in [0.05, 0.1) is 27.4 Å². The fraction of sp³-hybridized carbons (Fsp3) is 0.261. The number of carbonyl (C=O) groups excluding carboxylic acids is 1. The van der Waals surface area contributed by atoms with Gasteiger partial charge in [0.1, 0.15) is 0 Å². The smallest absolute Gasteiger partial charge is 0.322 e. The fourth-order valence-electron chi connectivity index (χ4n) is 3.97. The number of nitrogens with zero attached hydrogens (tertiary/aromatic N) is 2. The highest BCUT2D eigenvalue weighted by Gasteiger charge is 2.33. The van der Waals surface area contributed by atoms with Crippen molar-refractivity contribution < 1.29 is 19.0 Å². The second-order valence-electron chi connectivity index (χ2n) is 7.12. The second-order valence-corrected chi connectivity index (χ2v) is 7.56. The van der Waals surface area contributed by atoms with Crippen molar-refractivity contribution in [1.82, 2.24) is 9.47 Å². The Labute approximate surface area is 186 Å². The molecule has 0 saturated carbocycles. The highest BCUT2D eigenvalue weighted by Crippen LogP contribution is 2.43. The number of hydrogen-bond acceptors (Lipinski definition) is 4. The second kappa shape index (κ2) is 8.81. The zero-order valence-electron chi connectivity index (χ0n) is 17.6. The monoisotopic (exact) mass is 441 g/mol. The van der Waals surface area contributed by atoms with E-state index >= 15 is 0 Å². The van der Waals surface area contributed by atoms with Gasteiger partial charge < -0.3 is 29.0 Å². The number of fused-ring (bicyclic) bond motifs is 1. The van der Waals surface area contributed by atoms with Gasteiger partial charge >= 0.3 is 6.03 Å². The number of hydrogen-bond donors (Lipinski definition) is 1. The van der Waals surface area contributed by atoms with Crippen molar-refractivity contribution in [2.24, 2.45) is 0 Å². The van der Waals surface area contributed by atoms with Crippen LogP contribution in [0.4, 0.5) is 10.5 Å². The molecule has 0 fully saturated rings. The third-order valence-electron chi connectivity index (χ3n) is 5.38. The summed E-state index contributed by atoms with van der Waals surface area (Å²) in [5.41, 5.74) is 2.50. The Balaban J connectivity index is 1.76. The lowest BCUT2D eigenvalue weighted by atomic mass is 9.99. The van der Waals surface area contributed by atoms with Crippen molar-refractivity contribution in [2.75, 3.05) is 33.2 Å². The van der Waals surface area contributed by atoms with Crippen LogP contribution in [-0.2, 0) is 6.54 Å². The molecule has 1 atom stereocenters. The van der Waals surface area contributed by atoms with Gasteiger partial charge in [-0.2, -0.15) is 0 Å². The van der Waals surface area contributed by atoms with Crippen LogP contribution >= 0.6 is 11.6 Å². The number of anilines is 1. The third-order valence-corrected chi connectivity index (χ3v) is 5.61. The van der Waals surface area contributed by atoms with Gasteiger partial charge in [-0.05, 0) is 48.0 Å². The summed E-state index contributed by atoms with van der Waals surface area (Å²) in [7, 11) is 4.72. The molecule has 3 aromatic rings. The van der Waals surface area contributed by atoms with E-state index in [2.05, 4.69) is 9.88 Å². The largest absolute Gasteiger partial charge is 0.493 e. The predicted octanol–water partition coefficient (Wildman–Crippen LogP) is 4.80. The Hall–Kier alpha value is -3.32. The van der Waals surface area contributed by atoms with Gasteiger partial charge in [-0.1, -0.05) is 17.7 Å². The number of benzene rings is 2.